The van der Waals surface area contributed by atoms with Gasteiger partial charge in [0, 0.05) is 67.5 Å². The zero-order valence-corrected chi connectivity index (χ0v) is 36.6. The molecule has 0 spiro atoms. The van der Waals surface area contributed by atoms with Crippen molar-refractivity contribution in [1.29, 1.82) is 0 Å². The summed E-state index contributed by atoms with van der Waals surface area (Å²) in [5, 5.41) is 18.1. The maximum Gasteiger partial charge on any atom is 0.367 e. The quantitative estimate of drug-likeness (QED) is 0.0711. The van der Waals surface area contributed by atoms with Crippen molar-refractivity contribution in [2.45, 2.75) is 43.4 Å². The van der Waals surface area contributed by atoms with Crippen LogP contribution in [0.25, 0.3) is 65.7 Å². The number of benzene rings is 8. The van der Waals surface area contributed by atoms with E-state index in [0.717, 1.165) is 96.2 Å². The Morgan fingerprint density at radius 3 is 1.29 bits per heavy atom. The van der Waals surface area contributed by atoms with Crippen molar-refractivity contribution in [3.8, 4) is 22.3 Å². The van der Waals surface area contributed by atoms with Gasteiger partial charge in [-0.1, -0.05) is 137 Å². The second kappa shape index (κ2) is 13.9. The van der Waals surface area contributed by atoms with Gasteiger partial charge in [0.2, 0.25) is 0 Å². The highest BCUT2D eigenvalue weighted by molar-refractivity contribution is 8.13. The average molecular weight is 865 g/mol. The van der Waals surface area contributed by atoms with Crippen molar-refractivity contribution in [2.75, 3.05) is 22.9 Å². The van der Waals surface area contributed by atoms with E-state index in [1.54, 1.807) is 24.3 Å². The van der Waals surface area contributed by atoms with E-state index in [2.05, 4.69) is 141 Å². The molecule has 8 aromatic carbocycles. The number of fused-ring (bicyclic) bond motifs is 12. The topological polar surface area (TPSA) is 92.1 Å². The highest BCUT2D eigenvalue weighted by atomic mass is 35.7. The van der Waals surface area contributed by atoms with E-state index >= 15 is 0 Å². The zero-order valence-electron chi connectivity index (χ0n) is 35.1. The zero-order chi connectivity index (χ0) is 43.6. The summed E-state index contributed by atoms with van der Waals surface area (Å²) in [5.41, 5.74) is 12.0. The van der Waals surface area contributed by atoms with E-state index in [-0.39, 0.29) is 21.3 Å². The predicted molar refractivity (Wildman–Crippen MR) is 254 cm³/mol. The molecule has 3 heterocycles. The first-order valence-electron chi connectivity index (χ1n) is 21.0. The number of carboxylic acid groups (broad SMARTS) is 1. The molecular formula is C54H41ClN2O5S. The normalized spacial score (nSPS) is 15.4. The third kappa shape index (κ3) is 6.18. The molecule has 7 nitrogen and oxygen atoms in total. The van der Waals surface area contributed by atoms with Gasteiger partial charge in [0.15, 0.2) is 0 Å². The van der Waals surface area contributed by atoms with Crippen LogP contribution in [0.3, 0.4) is 0 Å². The summed E-state index contributed by atoms with van der Waals surface area (Å²) >= 11 is 0. The van der Waals surface area contributed by atoms with Gasteiger partial charge in [-0.3, -0.25) is 0 Å². The second-order valence-electron chi connectivity index (χ2n) is 18.1. The lowest BCUT2D eigenvalue weighted by Crippen LogP contribution is -2.25. The van der Waals surface area contributed by atoms with Crippen molar-refractivity contribution in [3.05, 3.63) is 168 Å². The summed E-state index contributed by atoms with van der Waals surface area (Å²) in [7, 11) is 1.78. The number of aromatic carboxylic acids is 1. The van der Waals surface area contributed by atoms with Crippen LogP contribution >= 0.6 is 10.7 Å². The van der Waals surface area contributed by atoms with Crippen LogP contribution in [0.2, 0.25) is 0 Å². The monoisotopic (exact) mass is 864 g/mol. The highest BCUT2D eigenvalue weighted by Gasteiger charge is 2.47. The Morgan fingerprint density at radius 2 is 0.905 bits per heavy atom. The number of carboxylic acids is 1. The van der Waals surface area contributed by atoms with Gasteiger partial charge in [-0.05, 0) is 70.3 Å². The van der Waals surface area contributed by atoms with Crippen LogP contribution in [-0.4, -0.2) is 27.5 Å². The van der Waals surface area contributed by atoms with Crippen LogP contribution in [-0.2, 0) is 19.9 Å². The molecule has 0 amide bonds. The van der Waals surface area contributed by atoms with Crippen LogP contribution in [0, 0.1) is 0 Å². The van der Waals surface area contributed by atoms with Crippen LogP contribution in [0.4, 0.5) is 22.7 Å². The number of nitrogens with zero attached hydrogens (tertiary/aromatic N) is 2. The molecule has 9 aromatic rings. The van der Waals surface area contributed by atoms with Gasteiger partial charge in [-0.2, -0.15) is 0 Å². The molecule has 9 heteroatoms. The molecule has 0 N–H and O–H groups in total. The maximum atomic E-state index is 11.9. The number of hydrogen-bond acceptors (Lipinski definition) is 6. The number of hydrogen-bond donors (Lipinski definition) is 0. The number of carbonyl (C=O) groups is 1. The lowest BCUT2D eigenvalue weighted by Gasteiger charge is -2.23. The lowest BCUT2D eigenvalue weighted by molar-refractivity contribution is -0.255. The Balaban J connectivity index is 1.08. The van der Waals surface area contributed by atoms with Crippen LogP contribution in [0.15, 0.2) is 161 Å². The minimum Gasteiger partial charge on any atom is -0.545 e. The minimum atomic E-state index is -3.81. The van der Waals surface area contributed by atoms with Gasteiger partial charge in [-0.15, -0.1) is 0 Å². The van der Waals surface area contributed by atoms with Crippen molar-refractivity contribution in [3.63, 3.8) is 0 Å². The van der Waals surface area contributed by atoms with Crippen LogP contribution in [0.1, 0.15) is 49.2 Å². The Labute approximate surface area is 369 Å². The molecule has 310 valence electrons. The number of halogens is 1. The molecule has 0 atom stereocenters. The molecule has 2 aliphatic heterocycles. The van der Waals surface area contributed by atoms with Crippen molar-refractivity contribution in [2.24, 2.45) is 0 Å². The molecule has 63 heavy (non-hydrogen) atoms. The second-order valence-corrected chi connectivity index (χ2v) is 20.7. The first-order chi connectivity index (χ1) is 30.2. The molecule has 0 saturated carbocycles. The molecule has 1 aromatic heterocycles. The molecule has 0 radical (unpaired) electrons. The number of anilines is 4. The molecule has 0 bridgehead atoms. The molecule has 0 aliphatic carbocycles. The smallest absolute Gasteiger partial charge is 0.367 e. The van der Waals surface area contributed by atoms with E-state index in [9.17, 15) is 18.3 Å². The Kier molecular flexibility index (Phi) is 8.62. The fraction of sp³-hybridized carbons (Fsp3) is 0.148. The molecule has 0 unspecified atom stereocenters. The summed E-state index contributed by atoms with van der Waals surface area (Å²) < 4.78 is 31.3. The summed E-state index contributed by atoms with van der Waals surface area (Å²) in [4.78, 5) is 16.3. The third-order valence-corrected chi connectivity index (χ3v) is 14.5. The third-order valence-electron chi connectivity index (χ3n) is 13.1. The van der Waals surface area contributed by atoms with Crippen molar-refractivity contribution >= 4 is 91.9 Å². The van der Waals surface area contributed by atoms with Crippen LogP contribution < -0.4 is 14.9 Å². The first kappa shape index (κ1) is 39.1. The van der Waals surface area contributed by atoms with Crippen molar-refractivity contribution in [1.82, 2.24) is 0 Å². The Bertz CT molecular complexity index is 3490. The summed E-state index contributed by atoms with van der Waals surface area (Å²) in [6.45, 7) is 10.7. The standard InChI is InChI=1S/C54H41ClN2O5S/c1-53(2)30-56(37-23-17-33(18-24-37)32-13-15-36(16-14-32)52(58)59)48-42-11-7-5-9-40(42)44-29-45-41-10-6-8-12-43(41)49-47(51(45)62-50(44)46(48)53)54(3,4)31-57(49)38-25-19-34(20-26-38)35-21-27-39(28-22-35)63(55,60)61/h5-29H,30-31H2,1-4H3. The number of carbonyl (C=O) groups excluding carboxylic acids is 1. The van der Waals surface area contributed by atoms with Gasteiger partial charge in [0.1, 0.15) is 0 Å². The summed E-state index contributed by atoms with van der Waals surface area (Å²) in [6.07, 6.45) is 0. The largest absolute Gasteiger partial charge is 0.545 e. The molecule has 0 fully saturated rings. The van der Waals surface area contributed by atoms with E-state index in [4.69, 9.17) is 15.1 Å². The van der Waals surface area contributed by atoms with E-state index in [1.165, 1.54) is 28.6 Å². The highest BCUT2D eigenvalue weighted by Crippen LogP contribution is 2.56. The molecule has 2 aliphatic rings. The number of rotatable bonds is 6. The Hall–Kier alpha value is -6.74. The van der Waals surface area contributed by atoms with Gasteiger partial charge >= 0.3 is 11.2 Å². The summed E-state index contributed by atoms with van der Waals surface area (Å²) in [6, 6.07) is 50.1. The molecule has 0 saturated heterocycles. The first-order valence-corrected chi connectivity index (χ1v) is 23.3. The van der Waals surface area contributed by atoms with Gasteiger partial charge in [0.25, 0.3) is 9.05 Å². The maximum absolute atomic E-state index is 11.9. The summed E-state index contributed by atoms with van der Waals surface area (Å²) in [5.74, 6) is -1.19. The minimum absolute atomic E-state index is 0.0744. The SMILES string of the molecule is CC1(C)CN(c2ccc(-c3ccc(C(=O)[O-])cc3)cc2)c2c1c1[o+]c3c4c(c5ccccc5c3cc1c1ccccc21)N(c1ccc(-c2ccc(S(=O)(=O)Cl)cc2)cc1)CC4(C)C. The van der Waals surface area contributed by atoms with Gasteiger partial charge in [0.05, 0.1) is 44.1 Å². The van der Waals surface area contributed by atoms with E-state index in [1.807, 2.05) is 12.1 Å². The van der Waals surface area contributed by atoms with E-state index in [0.29, 0.717) is 0 Å². The fourth-order valence-corrected chi connectivity index (χ4v) is 11.0. The fourth-order valence-electron chi connectivity index (χ4n) is 10.2. The van der Waals surface area contributed by atoms with Gasteiger partial charge < -0.3 is 19.7 Å². The lowest BCUT2D eigenvalue weighted by atomic mass is 9.82. The van der Waals surface area contributed by atoms with Crippen LogP contribution in [0.5, 0.6) is 0 Å². The van der Waals surface area contributed by atoms with E-state index < -0.39 is 15.0 Å². The van der Waals surface area contributed by atoms with Crippen molar-refractivity contribution < 1.29 is 22.7 Å². The van der Waals surface area contributed by atoms with Gasteiger partial charge in [-0.25, -0.2) is 12.8 Å². The molecule has 11 rings (SSSR count). The molecular weight excluding hydrogens is 824 g/mol. The average Bonchev–Trinajstić information content (AvgIpc) is 3.75. The Morgan fingerprint density at radius 1 is 0.540 bits per heavy atom. The predicted octanol–water partition coefficient (Wildman–Crippen LogP) is 12.7.